The lowest BCUT2D eigenvalue weighted by Crippen LogP contribution is -2.50. The number of hydrogen-bond acceptors (Lipinski definition) is 4. The third kappa shape index (κ3) is 5.03. The van der Waals surface area contributed by atoms with Crippen LogP contribution >= 0.6 is 0 Å². The Morgan fingerprint density at radius 2 is 1.64 bits per heavy atom. The molecule has 1 aromatic rings. The van der Waals surface area contributed by atoms with Crippen molar-refractivity contribution in [3.8, 4) is 5.75 Å². The Kier molecular flexibility index (Phi) is 6.90. The van der Waals surface area contributed by atoms with Crippen LogP contribution in [0.15, 0.2) is 24.3 Å². The molecule has 1 aliphatic carbocycles. The quantitative estimate of drug-likeness (QED) is 0.759. The third-order valence-electron chi connectivity index (χ3n) is 5.66. The number of carbonyl (C=O) groups excluding carboxylic acids is 3. The number of ether oxygens (including phenoxy) is 1. The Morgan fingerprint density at radius 3 is 2.21 bits per heavy atom. The maximum absolute atomic E-state index is 12.7. The highest BCUT2D eigenvalue weighted by Crippen LogP contribution is 2.31. The fourth-order valence-corrected chi connectivity index (χ4v) is 3.95. The molecule has 1 saturated carbocycles. The van der Waals surface area contributed by atoms with Gasteiger partial charge in [0.05, 0.1) is 6.61 Å². The number of hydrogen-bond donors (Lipinski definition) is 1. The number of benzene rings is 1. The average molecular weight is 387 g/mol. The second-order valence-corrected chi connectivity index (χ2v) is 7.46. The molecule has 0 aromatic heterocycles. The van der Waals surface area contributed by atoms with Gasteiger partial charge in [0.15, 0.2) is 0 Å². The summed E-state index contributed by atoms with van der Waals surface area (Å²) in [7, 11) is 0. The molecule has 1 saturated heterocycles. The number of rotatable bonds is 6. The summed E-state index contributed by atoms with van der Waals surface area (Å²) in [6.45, 7) is 4.97. The minimum absolute atomic E-state index is 0.00249. The zero-order valence-electron chi connectivity index (χ0n) is 16.4. The monoisotopic (exact) mass is 387 g/mol. The number of nitrogens with zero attached hydrogens (tertiary/aromatic N) is 2. The fraction of sp³-hybridized carbons (Fsp3) is 0.571. The molecule has 152 valence electrons. The Morgan fingerprint density at radius 1 is 1.04 bits per heavy atom. The lowest BCUT2D eigenvalue weighted by molar-refractivity contribution is -0.140. The molecule has 0 spiro atoms. The first-order valence-corrected chi connectivity index (χ1v) is 10.1. The van der Waals surface area contributed by atoms with Crippen molar-refractivity contribution >= 4 is 23.9 Å². The van der Waals surface area contributed by atoms with E-state index in [-0.39, 0.29) is 23.7 Å². The molecule has 3 amide bonds. The number of piperazine rings is 1. The van der Waals surface area contributed by atoms with E-state index < -0.39 is 0 Å². The SMILES string of the molecule is CCOc1ccc(NC(=O)C2CCC(C(=O)N3CCN(C=O)CC3)CC2)cc1. The summed E-state index contributed by atoms with van der Waals surface area (Å²) in [5, 5.41) is 2.97. The summed E-state index contributed by atoms with van der Waals surface area (Å²) in [5.74, 6) is 0.930. The standard InChI is InChI=1S/C21H29N3O4/c1-2-28-19-9-7-18(8-10-19)22-20(26)16-3-5-17(6-4-16)21(27)24-13-11-23(15-25)12-14-24/h7-10,15-17H,2-6,11-14H2,1H3,(H,22,26). The van der Waals surface area contributed by atoms with E-state index in [1.54, 1.807) is 4.90 Å². The van der Waals surface area contributed by atoms with Crippen LogP contribution < -0.4 is 10.1 Å². The predicted molar refractivity (Wildman–Crippen MR) is 106 cm³/mol. The summed E-state index contributed by atoms with van der Waals surface area (Å²) in [5.41, 5.74) is 0.764. The van der Waals surface area contributed by atoms with Gasteiger partial charge in [-0.3, -0.25) is 14.4 Å². The summed E-state index contributed by atoms with van der Waals surface area (Å²) in [6.07, 6.45) is 3.79. The van der Waals surface area contributed by atoms with Crippen LogP contribution in [0.3, 0.4) is 0 Å². The molecule has 2 aliphatic rings. The van der Waals surface area contributed by atoms with E-state index >= 15 is 0 Å². The molecule has 0 atom stereocenters. The minimum atomic E-state index is -0.0532. The molecule has 7 nitrogen and oxygen atoms in total. The molecule has 1 heterocycles. The highest BCUT2D eigenvalue weighted by atomic mass is 16.5. The number of amides is 3. The van der Waals surface area contributed by atoms with Crippen molar-refractivity contribution in [3.05, 3.63) is 24.3 Å². The predicted octanol–water partition coefficient (Wildman–Crippen LogP) is 2.13. The lowest BCUT2D eigenvalue weighted by Gasteiger charge is -2.36. The van der Waals surface area contributed by atoms with E-state index in [0.717, 1.165) is 43.5 Å². The van der Waals surface area contributed by atoms with Crippen molar-refractivity contribution in [2.24, 2.45) is 11.8 Å². The maximum Gasteiger partial charge on any atom is 0.227 e. The van der Waals surface area contributed by atoms with Crippen molar-refractivity contribution in [1.82, 2.24) is 9.80 Å². The van der Waals surface area contributed by atoms with Gasteiger partial charge in [-0.15, -0.1) is 0 Å². The largest absolute Gasteiger partial charge is 0.494 e. The molecule has 1 N–H and O–H groups in total. The van der Waals surface area contributed by atoms with E-state index in [4.69, 9.17) is 4.74 Å². The summed E-state index contributed by atoms with van der Waals surface area (Å²) in [4.78, 5) is 39.6. The van der Waals surface area contributed by atoms with Crippen molar-refractivity contribution < 1.29 is 19.1 Å². The number of anilines is 1. The van der Waals surface area contributed by atoms with Gasteiger partial charge in [-0.2, -0.15) is 0 Å². The van der Waals surface area contributed by atoms with Crippen molar-refractivity contribution in [2.45, 2.75) is 32.6 Å². The van der Waals surface area contributed by atoms with Gasteiger partial charge < -0.3 is 19.9 Å². The van der Waals surface area contributed by atoms with Gasteiger partial charge in [0, 0.05) is 43.7 Å². The van der Waals surface area contributed by atoms with E-state index in [2.05, 4.69) is 5.32 Å². The molecule has 0 unspecified atom stereocenters. The van der Waals surface area contributed by atoms with Crippen LogP contribution in [0.4, 0.5) is 5.69 Å². The molecule has 7 heteroatoms. The molecule has 28 heavy (non-hydrogen) atoms. The minimum Gasteiger partial charge on any atom is -0.494 e. The van der Waals surface area contributed by atoms with Crippen LogP contribution in [0.25, 0.3) is 0 Å². The van der Waals surface area contributed by atoms with Gasteiger partial charge in [0.1, 0.15) is 5.75 Å². The molecule has 2 fully saturated rings. The fourth-order valence-electron chi connectivity index (χ4n) is 3.95. The zero-order chi connectivity index (χ0) is 19.9. The molecular formula is C21H29N3O4. The molecular weight excluding hydrogens is 358 g/mol. The first kappa shape index (κ1) is 20.2. The Labute approximate surface area is 166 Å². The molecule has 3 rings (SSSR count). The van der Waals surface area contributed by atoms with Gasteiger partial charge in [0.25, 0.3) is 0 Å². The zero-order valence-corrected chi connectivity index (χ0v) is 16.4. The first-order valence-electron chi connectivity index (χ1n) is 10.1. The van der Waals surface area contributed by atoms with E-state index in [1.165, 1.54) is 0 Å². The topological polar surface area (TPSA) is 79.0 Å². The van der Waals surface area contributed by atoms with Crippen molar-refractivity contribution in [3.63, 3.8) is 0 Å². The van der Waals surface area contributed by atoms with Crippen LogP contribution in [-0.2, 0) is 14.4 Å². The third-order valence-corrected chi connectivity index (χ3v) is 5.66. The maximum atomic E-state index is 12.7. The molecule has 1 aliphatic heterocycles. The molecule has 0 bridgehead atoms. The Hall–Kier alpha value is -2.57. The van der Waals surface area contributed by atoms with Gasteiger partial charge in [-0.25, -0.2) is 0 Å². The van der Waals surface area contributed by atoms with Crippen molar-refractivity contribution in [1.29, 1.82) is 0 Å². The smallest absolute Gasteiger partial charge is 0.227 e. The lowest BCUT2D eigenvalue weighted by atomic mass is 9.80. The van der Waals surface area contributed by atoms with Gasteiger partial charge in [-0.1, -0.05) is 0 Å². The van der Waals surface area contributed by atoms with Crippen LogP contribution in [0.2, 0.25) is 0 Å². The average Bonchev–Trinajstić information content (AvgIpc) is 2.75. The normalized spacial score (nSPS) is 22.5. The highest BCUT2D eigenvalue weighted by Gasteiger charge is 2.33. The van der Waals surface area contributed by atoms with E-state index in [9.17, 15) is 14.4 Å². The number of carbonyl (C=O) groups is 3. The second-order valence-electron chi connectivity index (χ2n) is 7.46. The van der Waals surface area contributed by atoms with Crippen LogP contribution in [0.5, 0.6) is 5.75 Å². The van der Waals surface area contributed by atoms with Gasteiger partial charge in [-0.05, 0) is 56.9 Å². The summed E-state index contributed by atoms with van der Waals surface area (Å²) >= 11 is 0. The summed E-state index contributed by atoms with van der Waals surface area (Å²) in [6, 6.07) is 7.38. The summed E-state index contributed by atoms with van der Waals surface area (Å²) < 4.78 is 5.41. The van der Waals surface area contributed by atoms with Crippen LogP contribution in [0.1, 0.15) is 32.6 Å². The van der Waals surface area contributed by atoms with Gasteiger partial charge >= 0.3 is 0 Å². The van der Waals surface area contributed by atoms with Crippen LogP contribution in [-0.4, -0.2) is 60.8 Å². The molecule has 0 radical (unpaired) electrons. The molecule has 1 aromatic carbocycles. The van der Waals surface area contributed by atoms with Gasteiger partial charge in [0.2, 0.25) is 18.2 Å². The number of nitrogens with one attached hydrogen (secondary N) is 1. The van der Waals surface area contributed by atoms with Crippen molar-refractivity contribution in [2.75, 3.05) is 38.1 Å². The van der Waals surface area contributed by atoms with E-state index in [0.29, 0.717) is 32.8 Å². The Bertz CT molecular complexity index is 675. The second kappa shape index (κ2) is 9.57. The first-order chi connectivity index (χ1) is 13.6. The highest BCUT2D eigenvalue weighted by molar-refractivity contribution is 5.92. The Balaban J connectivity index is 1.44. The van der Waals surface area contributed by atoms with Crippen LogP contribution in [0, 0.1) is 11.8 Å². The van der Waals surface area contributed by atoms with E-state index in [1.807, 2.05) is 36.1 Å².